The van der Waals surface area contributed by atoms with Gasteiger partial charge in [-0.15, -0.1) is 0 Å². The zero-order valence-corrected chi connectivity index (χ0v) is 19.0. The third-order valence-corrected chi connectivity index (χ3v) is 6.50. The fourth-order valence-corrected chi connectivity index (χ4v) is 4.67. The smallest absolute Gasteiger partial charge is 0.272 e. The van der Waals surface area contributed by atoms with Crippen LogP contribution in [-0.2, 0) is 16.1 Å². The molecule has 2 aromatic rings. The number of fused-ring (bicyclic) bond motifs is 1. The van der Waals surface area contributed by atoms with E-state index in [4.69, 9.17) is 23.2 Å². The van der Waals surface area contributed by atoms with Crippen LogP contribution in [0.1, 0.15) is 35.7 Å². The maximum atomic E-state index is 13.5. The molecule has 1 heterocycles. The minimum Gasteiger partial charge on any atom is -0.272 e. The molecule has 1 aliphatic carbocycles. The van der Waals surface area contributed by atoms with Crippen LogP contribution in [0.4, 0.5) is 5.69 Å². The highest BCUT2D eigenvalue weighted by Crippen LogP contribution is 2.39. The molecule has 0 spiro atoms. The predicted octanol–water partition coefficient (Wildman–Crippen LogP) is 4.80. The minimum absolute atomic E-state index is 0.0286. The molecule has 170 valence electrons. The van der Waals surface area contributed by atoms with Crippen molar-refractivity contribution >= 4 is 46.6 Å². The number of nitro groups is 1. The number of hydrogen-bond donors (Lipinski definition) is 0. The van der Waals surface area contributed by atoms with Crippen LogP contribution >= 0.6 is 23.2 Å². The summed E-state index contributed by atoms with van der Waals surface area (Å²) in [5.74, 6) is -2.78. The second-order valence-corrected chi connectivity index (χ2v) is 8.94. The van der Waals surface area contributed by atoms with Crippen molar-refractivity contribution in [3.63, 3.8) is 0 Å². The van der Waals surface area contributed by atoms with Gasteiger partial charge in [0.05, 0.1) is 23.3 Å². The second-order valence-electron chi connectivity index (χ2n) is 8.10. The van der Waals surface area contributed by atoms with E-state index in [0.29, 0.717) is 23.4 Å². The number of imide groups is 1. The van der Waals surface area contributed by atoms with Gasteiger partial charge in [0, 0.05) is 27.7 Å². The van der Waals surface area contributed by atoms with Gasteiger partial charge in [0.25, 0.3) is 23.4 Å². The number of nitro benzene ring substituents is 1. The molecule has 0 unspecified atom stereocenters. The van der Waals surface area contributed by atoms with E-state index in [1.165, 1.54) is 24.3 Å². The Bertz CT molecular complexity index is 1210. The van der Waals surface area contributed by atoms with Crippen molar-refractivity contribution in [2.75, 3.05) is 0 Å². The standard InChI is InChI=1S/C23H19Cl2N3O5/c1-13-5-8-18-19(9-13)23(31)27(22(18)30)26(12-15-6-7-16(24)11-20(15)25)21(29)14-3-2-4-17(10-14)28(32)33/h2-7,10-11,18-19H,8-9,12H2,1H3/t18-,19+/m1/s1. The number of benzene rings is 2. The van der Waals surface area contributed by atoms with Gasteiger partial charge in [-0.1, -0.05) is 47.0 Å². The van der Waals surface area contributed by atoms with Gasteiger partial charge in [0.15, 0.2) is 0 Å². The molecule has 33 heavy (non-hydrogen) atoms. The van der Waals surface area contributed by atoms with Gasteiger partial charge >= 0.3 is 0 Å². The van der Waals surface area contributed by atoms with Gasteiger partial charge in [-0.2, -0.15) is 5.01 Å². The van der Waals surface area contributed by atoms with Crippen molar-refractivity contribution in [3.8, 4) is 0 Å². The third kappa shape index (κ3) is 4.36. The maximum absolute atomic E-state index is 13.5. The molecule has 1 saturated heterocycles. The fraction of sp³-hybridized carbons (Fsp3) is 0.261. The molecular formula is C23H19Cl2N3O5. The predicted molar refractivity (Wildman–Crippen MR) is 121 cm³/mol. The summed E-state index contributed by atoms with van der Waals surface area (Å²) in [5, 5.41) is 13.8. The average molecular weight is 488 g/mol. The molecule has 1 fully saturated rings. The summed E-state index contributed by atoms with van der Waals surface area (Å²) in [6, 6.07) is 9.82. The van der Waals surface area contributed by atoms with Gasteiger partial charge in [-0.05, 0) is 43.5 Å². The number of carbonyl (C=O) groups is 3. The Kier molecular flexibility index (Phi) is 6.23. The number of nitrogens with zero attached hydrogens (tertiary/aromatic N) is 3. The van der Waals surface area contributed by atoms with E-state index in [9.17, 15) is 24.5 Å². The third-order valence-electron chi connectivity index (χ3n) is 5.91. The second kappa shape index (κ2) is 8.96. The Morgan fingerprint density at radius 3 is 2.58 bits per heavy atom. The molecule has 2 aromatic carbocycles. The maximum Gasteiger partial charge on any atom is 0.273 e. The molecule has 3 amide bonds. The van der Waals surface area contributed by atoms with Crippen molar-refractivity contribution < 1.29 is 19.3 Å². The summed E-state index contributed by atoms with van der Waals surface area (Å²) in [7, 11) is 0. The van der Waals surface area contributed by atoms with Crippen LogP contribution < -0.4 is 0 Å². The number of carbonyl (C=O) groups excluding carboxylic acids is 3. The quantitative estimate of drug-likeness (QED) is 0.261. The van der Waals surface area contributed by atoms with E-state index in [1.54, 1.807) is 12.1 Å². The van der Waals surface area contributed by atoms with Gasteiger partial charge in [-0.25, -0.2) is 5.01 Å². The molecular weight excluding hydrogens is 469 g/mol. The lowest BCUT2D eigenvalue weighted by molar-refractivity contribution is -0.384. The van der Waals surface area contributed by atoms with Crippen LogP contribution in [0.25, 0.3) is 0 Å². The SMILES string of the molecule is CC1=CC[C@H]2C(=O)N(N(Cc3ccc(Cl)cc3Cl)C(=O)c3cccc([N+](=O)[O-])c3)C(=O)[C@H]2C1. The number of hydrazine groups is 1. The first kappa shape index (κ1) is 22.9. The molecule has 0 aromatic heterocycles. The topological polar surface area (TPSA) is 101 Å². The Labute approximate surface area is 199 Å². The van der Waals surface area contributed by atoms with Crippen LogP contribution in [0.2, 0.25) is 10.0 Å². The van der Waals surface area contributed by atoms with E-state index in [-0.39, 0.29) is 22.8 Å². The lowest BCUT2D eigenvalue weighted by Crippen LogP contribution is -2.49. The van der Waals surface area contributed by atoms with Crippen molar-refractivity contribution in [1.29, 1.82) is 0 Å². The average Bonchev–Trinajstić information content (AvgIpc) is 3.02. The Hall–Kier alpha value is -3.23. The van der Waals surface area contributed by atoms with Crippen molar-refractivity contribution in [3.05, 3.63) is 85.4 Å². The van der Waals surface area contributed by atoms with E-state index in [1.807, 2.05) is 13.0 Å². The van der Waals surface area contributed by atoms with E-state index in [2.05, 4.69) is 0 Å². The van der Waals surface area contributed by atoms with Crippen molar-refractivity contribution in [2.45, 2.75) is 26.3 Å². The summed E-state index contributed by atoms with van der Waals surface area (Å²) < 4.78 is 0. The number of amides is 3. The van der Waals surface area contributed by atoms with E-state index < -0.39 is 34.5 Å². The zero-order valence-electron chi connectivity index (χ0n) is 17.5. The van der Waals surface area contributed by atoms with Crippen LogP contribution in [-0.4, -0.2) is 32.7 Å². The van der Waals surface area contributed by atoms with Crippen LogP contribution in [0.15, 0.2) is 54.1 Å². The molecule has 4 rings (SSSR count). The Morgan fingerprint density at radius 2 is 1.88 bits per heavy atom. The van der Waals surface area contributed by atoms with Gasteiger partial charge in [-0.3, -0.25) is 24.5 Å². The summed E-state index contributed by atoms with van der Waals surface area (Å²) >= 11 is 12.3. The molecule has 0 saturated carbocycles. The van der Waals surface area contributed by atoms with Gasteiger partial charge < -0.3 is 0 Å². The van der Waals surface area contributed by atoms with Crippen molar-refractivity contribution in [2.24, 2.45) is 11.8 Å². The summed E-state index contributed by atoms with van der Waals surface area (Å²) in [4.78, 5) is 50.7. The first-order valence-electron chi connectivity index (χ1n) is 10.2. The number of halogens is 2. The molecule has 0 bridgehead atoms. The largest absolute Gasteiger partial charge is 0.273 e. The molecule has 8 nitrogen and oxygen atoms in total. The highest BCUT2D eigenvalue weighted by Gasteiger charge is 2.51. The molecule has 0 N–H and O–H groups in total. The highest BCUT2D eigenvalue weighted by molar-refractivity contribution is 6.35. The fourth-order valence-electron chi connectivity index (χ4n) is 4.20. The highest BCUT2D eigenvalue weighted by atomic mass is 35.5. The van der Waals surface area contributed by atoms with Gasteiger partial charge in [0.1, 0.15) is 0 Å². The Morgan fingerprint density at radius 1 is 1.15 bits per heavy atom. The molecule has 2 aliphatic rings. The summed E-state index contributed by atoms with van der Waals surface area (Å²) in [5.41, 5.74) is 1.16. The molecule has 1 aliphatic heterocycles. The summed E-state index contributed by atoms with van der Waals surface area (Å²) in [6.07, 6.45) is 2.78. The molecule has 2 atom stereocenters. The van der Waals surface area contributed by atoms with Crippen molar-refractivity contribution in [1.82, 2.24) is 10.0 Å². The Balaban J connectivity index is 1.75. The number of non-ortho nitro benzene ring substituents is 1. The minimum atomic E-state index is -0.727. The summed E-state index contributed by atoms with van der Waals surface area (Å²) in [6.45, 7) is 1.71. The normalized spacial score (nSPS) is 19.8. The number of hydrogen-bond acceptors (Lipinski definition) is 5. The number of allylic oxidation sites excluding steroid dienone is 2. The van der Waals surface area contributed by atoms with Crippen LogP contribution in [0.5, 0.6) is 0 Å². The molecule has 0 radical (unpaired) electrons. The lowest BCUT2D eigenvalue weighted by Gasteiger charge is -2.31. The van der Waals surface area contributed by atoms with Crippen LogP contribution in [0.3, 0.4) is 0 Å². The van der Waals surface area contributed by atoms with E-state index >= 15 is 0 Å². The first-order valence-corrected chi connectivity index (χ1v) is 11.0. The first-order chi connectivity index (χ1) is 15.7. The van der Waals surface area contributed by atoms with E-state index in [0.717, 1.165) is 21.7 Å². The molecule has 10 heteroatoms. The number of rotatable bonds is 5. The van der Waals surface area contributed by atoms with Crippen LogP contribution in [0, 0.1) is 22.0 Å². The zero-order chi connectivity index (χ0) is 23.9. The van der Waals surface area contributed by atoms with Gasteiger partial charge in [0.2, 0.25) is 0 Å². The lowest BCUT2D eigenvalue weighted by atomic mass is 9.82. The monoisotopic (exact) mass is 487 g/mol.